The first kappa shape index (κ1) is 23.5. The van der Waals surface area contributed by atoms with E-state index in [1.807, 2.05) is 6.07 Å². The third-order valence-electron chi connectivity index (χ3n) is 7.79. The summed E-state index contributed by atoms with van der Waals surface area (Å²) in [6, 6.07) is 21.2. The van der Waals surface area contributed by atoms with Crippen molar-refractivity contribution in [2.75, 3.05) is 0 Å². The normalized spacial score (nSPS) is 24.2. The fourth-order valence-electron chi connectivity index (χ4n) is 6.26. The molecule has 3 heteroatoms. The highest BCUT2D eigenvalue weighted by Crippen LogP contribution is 2.66. The third kappa shape index (κ3) is 4.84. The number of hydrogen-bond donors (Lipinski definition) is 2. The van der Waals surface area contributed by atoms with Crippen molar-refractivity contribution in [2.24, 2.45) is 11.3 Å². The van der Waals surface area contributed by atoms with Gasteiger partial charge in [0.25, 0.3) is 0 Å². The molecule has 0 spiro atoms. The van der Waals surface area contributed by atoms with E-state index < -0.39 is 5.97 Å². The SMILES string of the molecule is C=C(c1ccccc1)C12CCC(O)C1CC(CCCCCCCC(=O)O)=C2c1ccccc1. The predicted octanol–water partition coefficient (Wildman–Crippen LogP) is 7.13. The number of fused-ring (bicyclic) bond motifs is 1. The van der Waals surface area contributed by atoms with Gasteiger partial charge in [-0.1, -0.05) is 92.1 Å². The Morgan fingerprint density at radius 3 is 2.27 bits per heavy atom. The number of rotatable bonds is 11. The highest BCUT2D eigenvalue weighted by Gasteiger charge is 2.56. The van der Waals surface area contributed by atoms with Crippen LogP contribution in [-0.2, 0) is 4.79 Å². The molecule has 2 aliphatic carbocycles. The summed E-state index contributed by atoms with van der Waals surface area (Å²) in [5.41, 5.74) is 6.26. The van der Waals surface area contributed by atoms with Crippen molar-refractivity contribution < 1.29 is 15.0 Å². The highest BCUT2D eigenvalue weighted by molar-refractivity contribution is 5.90. The highest BCUT2D eigenvalue weighted by atomic mass is 16.4. The van der Waals surface area contributed by atoms with Gasteiger partial charge in [0.1, 0.15) is 0 Å². The summed E-state index contributed by atoms with van der Waals surface area (Å²) in [7, 11) is 0. The predicted molar refractivity (Wildman–Crippen MR) is 135 cm³/mol. The third-order valence-corrected chi connectivity index (χ3v) is 7.79. The van der Waals surface area contributed by atoms with Crippen LogP contribution in [0.25, 0.3) is 11.1 Å². The van der Waals surface area contributed by atoms with Gasteiger partial charge in [0.05, 0.1) is 6.10 Å². The van der Waals surface area contributed by atoms with Crippen molar-refractivity contribution >= 4 is 17.1 Å². The lowest BCUT2D eigenvalue weighted by atomic mass is 9.66. The Morgan fingerprint density at radius 1 is 0.939 bits per heavy atom. The Labute approximate surface area is 197 Å². The molecule has 2 aliphatic rings. The maximum absolute atomic E-state index is 11.0. The minimum Gasteiger partial charge on any atom is -0.481 e. The average Bonchev–Trinajstić information content (AvgIpc) is 3.33. The summed E-state index contributed by atoms with van der Waals surface area (Å²) in [4.78, 5) is 10.7. The van der Waals surface area contributed by atoms with Crippen LogP contribution in [0.5, 0.6) is 0 Å². The molecule has 4 rings (SSSR count). The van der Waals surface area contributed by atoms with Gasteiger partial charge in [0.15, 0.2) is 0 Å². The number of carboxylic acids is 1. The van der Waals surface area contributed by atoms with E-state index in [4.69, 9.17) is 5.11 Å². The number of unbranched alkanes of at least 4 members (excludes halogenated alkanes) is 4. The molecule has 0 bridgehead atoms. The van der Waals surface area contributed by atoms with Crippen LogP contribution in [0.3, 0.4) is 0 Å². The van der Waals surface area contributed by atoms with Crippen molar-refractivity contribution in [2.45, 2.75) is 70.3 Å². The molecular weight excluding hydrogens is 408 g/mol. The van der Waals surface area contributed by atoms with Crippen LogP contribution in [0.1, 0.15) is 75.3 Å². The lowest BCUT2D eigenvalue weighted by Crippen LogP contribution is -2.29. The molecule has 0 aromatic heterocycles. The molecule has 2 N–H and O–H groups in total. The van der Waals surface area contributed by atoms with E-state index in [9.17, 15) is 9.90 Å². The van der Waals surface area contributed by atoms with E-state index in [0.29, 0.717) is 0 Å². The number of hydrogen-bond acceptors (Lipinski definition) is 2. The van der Waals surface area contributed by atoms with Crippen LogP contribution in [0.2, 0.25) is 0 Å². The Hall–Kier alpha value is -2.65. The number of aliphatic carboxylic acids is 1. The van der Waals surface area contributed by atoms with Crippen molar-refractivity contribution in [3.05, 3.63) is 83.9 Å². The Kier molecular flexibility index (Phi) is 7.49. The second-order valence-corrected chi connectivity index (χ2v) is 9.74. The van der Waals surface area contributed by atoms with Gasteiger partial charge in [-0.25, -0.2) is 0 Å². The fourth-order valence-corrected chi connectivity index (χ4v) is 6.26. The van der Waals surface area contributed by atoms with Gasteiger partial charge in [-0.2, -0.15) is 0 Å². The number of aliphatic hydroxyl groups is 1. The number of benzene rings is 2. The minimum atomic E-state index is -0.701. The first-order valence-electron chi connectivity index (χ1n) is 12.5. The smallest absolute Gasteiger partial charge is 0.303 e. The molecule has 2 aromatic carbocycles. The average molecular weight is 445 g/mol. The van der Waals surface area contributed by atoms with E-state index in [0.717, 1.165) is 63.4 Å². The van der Waals surface area contributed by atoms with Crippen LogP contribution >= 0.6 is 0 Å². The number of carboxylic acid groups (broad SMARTS) is 1. The van der Waals surface area contributed by atoms with E-state index in [1.54, 1.807) is 0 Å². The van der Waals surface area contributed by atoms with E-state index in [1.165, 1.54) is 22.3 Å². The van der Waals surface area contributed by atoms with Gasteiger partial charge in [0, 0.05) is 17.8 Å². The van der Waals surface area contributed by atoms with Crippen LogP contribution in [0, 0.1) is 11.3 Å². The van der Waals surface area contributed by atoms with Gasteiger partial charge in [-0.3, -0.25) is 4.79 Å². The molecule has 0 amide bonds. The molecule has 3 unspecified atom stereocenters. The standard InChI is InChI=1S/C30H36O3/c1-22(23-13-8-5-9-14-23)30-20-19-27(31)26(30)21-25(29(30)24-15-10-6-11-16-24)17-7-3-2-4-12-18-28(32)33/h5-6,8-11,13-16,26-27,31H,1-4,7,12,17-21H2,(H,32,33). The topological polar surface area (TPSA) is 57.5 Å². The minimum absolute atomic E-state index is 0.186. The summed E-state index contributed by atoms with van der Waals surface area (Å²) >= 11 is 0. The van der Waals surface area contributed by atoms with E-state index in [-0.39, 0.29) is 23.9 Å². The summed E-state index contributed by atoms with van der Waals surface area (Å²) in [6.07, 6.45) is 8.76. The Balaban J connectivity index is 1.60. The first-order chi connectivity index (χ1) is 16.0. The molecule has 174 valence electrons. The lowest BCUT2D eigenvalue weighted by molar-refractivity contribution is -0.137. The number of allylic oxidation sites excluding steroid dienone is 3. The van der Waals surface area contributed by atoms with Gasteiger partial charge in [-0.15, -0.1) is 0 Å². The fraction of sp³-hybridized carbons (Fsp3) is 0.433. The van der Waals surface area contributed by atoms with Gasteiger partial charge in [0.2, 0.25) is 0 Å². The van der Waals surface area contributed by atoms with Crippen LogP contribution in [-0.4, -0.2) is 22.3 Å². The van der Waals surface area contributed by atoms with Gasteiger partial charge >= 0.3 is 5.97 Å². The summed E-state index contributed by atoms with van der Waals surface area (Å²) < 4.78 is 0. The largest absolute Gasteiger partial charge is 0.481 e. The van der Waals surface area contributed by atoms with E-state index in [2.05, 4.69) is 61.2 Å². The molecule has 0 radical (unpaired) electrons. The van der Waals surface area contributed by atoms with Crippen molar-refractivity contribution in [1.82, 2.24) is 0 Å². The van der Waals surface area contributed by atoms with Crippen molar-refractivity contribution in [3.8, 4) is 0 Å². The maximum Gasteiger partial charge on any atom is 0.303 e. The molecule has 2 aromatic rings. The molecule has 3 atom stereocenters. The van der Waals surface area contributed by atoms with Crippen LogP contribution in [0.4, 0.5) is 0 Å². The monoisotopic (exact) mass is 444 g/mol. The Morgan fingerprint density at radius 2 is 1.58 bits per heavy atom. The molecule has 0 aliphatic heterocycles. The van der Waals surface area contributed by atoms with Gasteiger partial charge < -0.3 is 10.2 Å². The second-order valence-electron chi connectivity index (χ2n) is 9.74. The van der Waals surface area contributed by atoms with Crippen LogP contribution < -0.4 is 0 Å². The quantitative estimate of drug-likeness (QED) is 0.362. The van der Waals surface area contributed by atoms with Gasteiger partial charge in [-0.05, 0) is 60.8 Å². The summed E-state index contributed by atoms with van der Waals surface area (Å²) in [5, 5.41) is 19.9. The number of carbonyl (C=O) groups is 1. The number of aliphatic hydroxyl groups excluding tert-OH is 1. The molecule has 3 nitrogen and oxygen atoms in total. The van der Waals surface area contributed by atoms with Crippen molar-refractivity contribution in [1.29, 1.82) is 0 Å². The molecule has 0 saturated heterocycles. The maximum atomic E-state index is 11.0. The summed E-state index contributed by atoms with van der Waals surface area (Å²) in [6.45, 7) is 4.64. The van der Waals surface area contributed by atoms with Crippen LogP contribution in [0.15, 0.2) is 72.8 Å². The molecule has 0 heterocycles. The zero-order valence-electron chi connectivity index (χ0n) is 19.5. The molecular formula is C30H36O3. The molecule has 1 saturated carbocycles. The first-order valence-corrected chi connectivity index (χ1v) is 12.5. The summed E-state index contributed by atoms with van der Waals surface area (Å²) in [5.74, 6) is -0.515. The zero-order chi connectivity index (χ0) is 23.3. The lowest BCUT2D eigenvalue weighted by Gasteiger charge is -2.37. The Bertz CT molecular complexity index is 992. The molecule has 1 fully saturated rings. The van der Waals surface area contributed by atoms with Crippen molar-refractivity contribution in [3.63, 3.8) is 0 Å². The zero-order valence-corrected chi connectivity index (χ0v) is 19.5. The van der Waals surface area contributed by atoms with E-state index >= 15 is 0 Å². The second kappa shape index (κ2) is 10.5. The molecule has 33 heavy (non-hydrogen) atoms.